The molecule has 5 aromatic rings. The molecule has 162 valence electrons. The van der Waals surface area contributed by atoms with Crippen molar-refractivity contribution in [1.82, 2.24) is 9.55 Å². The molecule has 0 unspecified atom stereocenters. The molecule has 7 heteroatoms. The summed E-state index contributed by atoms with van der Waals surface area (Å²) < 4.78 is 2.66. The van der Waals surface area contributed by atoms with E-state index in [4.69, 9.17) is 35.4 Å². The fourth-order valence-electron chi connectivity index (χ4n) is 4.40. The Morgan fingerprint density at radius 3 is 2.36 bits per heavy atom. The first kappa shape index (κ1) is 20.4. The maximum atomic E-state index is 6.37. The maximum absolute atomic E-state index is 6.37. The number of hydrogen-bond donors (Lipinski definition) is 2. The summed E-state index contributed by atoms with van der Waals surface area (Å²) in [5.74, 6) is 0. The highest BCUT2D eigenvalue weighted by atomic mass is 35.5. The van der Waals surface area contributed by atoms with Crippen molar-refractivity contribution in [1.29, 1.82) is 0 Å². The van der Waals surface area contributed by atoms with Gasteiger partial charge in [-0.3, -0.25) is 4.57 Å². The number of aromatic amines is 1. The van der Waals surface area contributed by atoms with Crippen molar-refractivity contribution in [2.24, 2.45) is 0 Å². The molecule has 0 saturated heterocycles. The van der Waals surface area contributed by atoms with E-state index < -0.39 is 0 Å². The molecule has 0 aliphatic carbocycles. The Kier molecular flexibility index (Phi) is 4.91. The molecule has 0 atom stereocenters. The van der Waals surface area contributed by atoms with Crippen LogP contribution in [0.25, 0.3) is 27.8 Å². The second-order valence-corrected chi connectivity index (χ2v) is 9.18. The average Bonchev–Trinajstić information content (AvgIpc) is 3.38. The van der Waals surface area contributed by atoms with E-state index in [0.29, 0.717) is 21.5 Å². The number of nitrogens with zero attached hydrogens (tertiary/aromatic N) is 2. The van der Waals surface area contributed by atoms with Gasteiger partial charge in [0.2, 0.25) is 0 Å². The Bertz CT molecular complexity index is 1570. The number of hydrogen-bond acceptors (Lipinski definition) is 3. The van der Waals surface area contributed by atoms with Crippen LogP contribution < -0.4 is 10.2 Å². The van der Waals surface area contributed by atoms with Crippen LogP contribution in [0, 0.1) is 4.77 Å². The summed E-state index contributed by atoms with van der Waals surface area (Å²) in [7, 11) is 0. The molecule has 4 nitrogen and oxygen atoms in total. The summed E-state index contributed by atoms with van der Waals surface area (Å²) in [5, 5.41) is 4.81. The summed E-state index contributed by atoms with van der Waals surface area (Å²) in [6.45, 7) is 0.629. The van der Waals surface area contributed by atoms with Crippen LogP contribution in [0.3, 0.4) is 0 Å². The Morgan fingerprint density at radius 2 is 1.52 bits per heavy atom. The van der Waals surface area contributed by atoms with E-state index >= 15 is 0 Å². The topological polar surface area (TPSA) is 36.0 Å². The number of benzene rings is 4. The van der Waals surface area contributed by atoms with Gasteiger partial charge in [0, 0.05) is 10.0 Å². The van der Waals surface area contributed by atoms with E-state index in [1.807, 2.05) is 54.6 Å². The number of rotatable bonds is 3. The third kappa shape index (κ3) is 3.49. The molecule has 1 aliphatic rings. The number of H-pyrrole nitrogens is 1. The molecule has 0 fully saturated rings. The number of halogens is 2. The molecular formula is C26H18Cl2N4S. The van der Waals surface area contributed by atoms with E-state index in [9.17, 15) is 0 Å². The molecule has 0 bridgehead atoms. The number of aromatic nitrogens is 2. The number of imidazole rings is 1. The van der Waals surface area contributed by atoms with Gasteiger partial charge in [-0.25, -0.2) is 0 Å². The third-order valence-electron chi connectivity index (χ3n) is 5.94. The minimum Gasteiger partial charge on any atom is -0.366 e. The van der Waals surface area contributed by atoms with Gasteiger partial charge in [0.25, 0.3) is 0 Å². The Labute approximate surface area is 206 Å². The van der Waals surface area contributed by atoms with Gasteiger partial charge in [-0.05, 0) is 71.9 Å². The van der Waals surface area contributed by atoms with Crippen LogP contribution in [-0.2, 0) is 0 Å². The molecule has 33 heavy (non-hydrogen) atoms. The number of fused-ring (bicyclic) bond motifs is 2. The van der Waals surface area contributed by atoms with Crippen LogP contribution in [0.1, 0.15) is 0 Å². The van der Waals surface area contributed by atoms with Crippen molar-refractivity contribution in [3.8, 4) is 16.8 Å². The highest BCUT2D eigenvalue weighted by Gasteiger charge is 2.24. The van der Waals surface area contributed by atoms with E-state index in [1.54, 1.807) is 0 Å². The minimum atomic E-state index is 0.609. The lowest BCUT2D eigenvalue weighted by Crippen LogP contribution is -2.18. The first-order valence-corrected chi connectivity index (χ1v) is 11.7. The molecule has 4 aromatic carbocycles. The molecule has 6 rings (SSSR count). The largest absolute Gasteiger partial charge is 0.366 e. The van der Waals surface area contributed by atoms with Gasteiger partial charge in [0.1, 0.15) is 0 Å². The fourth-order valence-corrected chi connectivity index (χ4v) is 5.04. The van der Waals surface area contributed by atoms with Gasteiger partial charge in [-0.1, -0.05) is 59.6 Å². The lowest BCUT2D eigenvalue weighted by atomic mass is 10.0. The van der Waals surface area contributed by atoms with Gasteiger partial charge < -0.3 is 15.2 Å². The standard InChI is InChI=1S/C26H18Cl2N4S/c27-18-7-9-20-23(13-18)31(15-29-20)22-11-6-17(16-4-2-1-3-5-16)12-25(22)32-24-14-19(28)8-10-21(24)30-26(32)33/h1-14,29H,15H2,(H,30,33). The monoisotopic (exact) mass is 488 g/mol. The van der Waals surface area contributed by atoms with Crippen LogP contribution in [0.2, 0.25) is 10.0 Å². The molecule has 0 radical (unpaired) electrons. The Hall–Kier alpha value is -3.25. The highest BCUT2D eigenvalue weighted by Crippen LogP contribution is 2.42. The summed E-state index contributed by atoms with van der Waals surface area (Å²) in [6, 6.07) is 28.4. The SMILES string of the molecule is S=c1[nH]c2ccc(Cl)cc2n1-c1cc(-c2ccccc2)ccc1N1CNc2ccc(Cl)cc21. The van der Waals surface area contributed by atoms with E-state index in [0.717, 1.165) is 44.9 Å². The van der Waals surface area contributed by atoms with Crippen molar-refractivity contribution in [3.63, 3.8) is 0 Å². The van der Waals surface area contributed by atoms with Crippen LogP contribution in [0.5, 0.6) is 0 Å². The first-order chi connectivity index (χ1) is 16.1. The maximum Gasteiger partial charge on any atom is 0.182 e. The van der Waals surface area contributed by atoms with Crippen LogP contribution in [0.15, 0.2) is 84.9 Å². The van der Waals surface area contributed by atoms with E-state index in [-0.39, 0.29) is 0 Å². The van der Waals surface area contributed by atoms with Gasteiger partial charge in [0.15, 0.2) is 4.77 Å². The molecule has 0 amide bonds. The molecule has 1 aliphatic heterocycles. The second kappa shape index (κ2) is 7.96. The minimum absolute atomic E-state index is 0.609. The second-order valence-electron chi connectivity index (χ2n) is 7.92. The smallest absolute Gasteiger partial charge is 0.182 e. The molecule has 2 heterocycles. The summed E-state index contributed by atoms with van der Waals surface area (Å²) in [5.41, 5.74) is 8.15. The van der Waals surface area contributed by atoms with Gasteiger partial charge >= 0.3 is 0 Å². The van der Waals surface area contributed by atoms with Crippen molar-refractivity contribution in [2.45, 2.75) is 0 Å². The van der Waals surface area contributed by atoms with Gasteiger partial charge in [-0.2, -0.15) is 0 Å². The summed E-state index contributed by atoms with van der Waals surface area (Å²) in [6.07, 6.45) is 0. The normalized spacial score (nSPS) is 12.7. The Balaban J connectivity index is 1.63. The Morgan fingerprint density at radius 1 is 0.727 bits per heavy atom. The fraction of sp³-hybridized carbons (Fsp3) is 0.0385. The zero-order valence-electron chi connectivity index (χ0n) is 17.3. The molecular weight excluding hydrogens is 471 g/mol. The first-order valence-electron chi connectivity index (χ1n) is 10.5. The highest BCUT2D eigenvalue weighted by molar-refractivity contribution is 7.71. The predicted octanol–water partition coefficient (Wildman–Crippen LogP) is 8.18. The zero-order valence-corrected chi connectivity index (χ0v) is 19.7. The summed E-state index contributed by atoms with van der Waals surface area (Å²) in [4.78, 5) is 5.54. The molecule has 2 N–H and O–H groups in total. The van der Waals surface area contributed by atoms with E-state index in [2.05, 4.69) is 50.1 Å². The van der Waals surface area contributed by atoms with Crippen molar-refractivity contribution in [3.05, 3.63) is 99.7 Å². The van der Waals surface area contributed by atoms with Crippen LogP contribution in [-0.4, -0.2) is 16.2 Å². The van der Waals surface area contributed by atoms with Crippen LogP contribution in [0.4, 0.5) is 17.1 Å². The van der Waals surface area contributed by atoms with Crippen molar-refractivity contribution >= 4 is 63.5 Å². The quantitative estimate of drug-likeness (QED) is 0.251. The molecule has 0 spiro atoms. The number of anilines is 3. The van der Waals surface area contributed by atoms with Crippen molar-refractivity contribution < 1.29 is 0 Å². The summed E-state index contributed by atoms with van der Waals surface area (Å²) >= 11 is 18.5. The lowest BCUT2D eigenvalue weighted by molar-refractivity contribution is 1.02. The predicted molar refractivity (Wildman–Crippen MR) is 141 cm³/mol. The van der Waals surface area contributed by atoms with E-state index in [1.165, 1.54) is 0 Å². The van der Waals surface area contributed by atoms with Crippen LogP contribution >= 0.6 is 35.4 Å². The van der Waals surface area contributed by atoms with Crippen molar-refractivity contribution in [2.75, 3.05) is 16.9 Å². The lowest BCUT2D eigenvalue weighted by Gasteiger charge is -2.23. The zero-order chi connectivity index (χ0) is 22.5. The number of nitrogens with one attached hydrogen (secondary N) is 2. The molecule has 1 aromatic heterocycles. The van der Waals surface area contributed by atoms with Gasteiger partial charge in [-0.15, -0.1) is 0 Å². The van der Waals surface area contributed by atoms with Gasteiger partial charge in [0.05, 0.1) is 40.5 Å². The average molecular weight is 489 g/mol. The third-order valence-corrected chi connectivity index (χ3v) is 6.69. The molecule has 0 saturated carbocycles.